The summed E-state index contributed by atoms with van der Waals surface area (Å²) in [6.07, 6.45) is 2.67. The molecule has 1 rings (SSSR count). The third-order valence-electron chi connectivity index (χ3n) is 2.61. The standard InChI is InChI=1S/C9H20N2.ClH/c1-8(2)11-5-3-4-9(6-10)7-11;/h8-9H,3-7,10H2,1-2H3;1H. The van der Waals surface area contributed by atoms with Crippen LogP contribution in [-0.4, -0.2) is 30.6 Å². The Balaban J connectivity index is 0.00000121. The van der Waals surface area contributed by atoms with Crippen LogP contribution in [0.3, 0.4) is 0 Å². The molecule has 0 aromatic carbocycles. The third-order valence-corrected chi connectivity index (χ3v) is 2.61. The van der Waals surface area contributed by atoms with Crippen LogP contribution < -0.4 is 5.73 Å². The Hall–Kier alpha value is 0.210. The molecule has 0 bridgehead atoms. The van der Waals surface area contributed by atoms with Crippen molar-refractivity contribution in [2.24, 2.45) is 11.7 Å². The molecule has 1 atom stereocenters. The lowest BCUT2D eigenvalue weighted by Crippen LogP contribution is -2.42. The first kappa shape index (κ1) is 12.2. The van der Waals surface area contributed by atoms with E-state index in [0.717, 1.165) is 12.5 Å². The smallest absolute Gasteiger partial charge is 0.00387 e. The van der Waals surface area contributed by atoms with Crippen molar-refractivity contribution in [3.8, 4) is 0 Å². The predicted molar refractivity (Wildman–Crippen MR) is 55.7 cm³/mol. The molecule has 1 saturated heterocycles. The maximum Gasteiger partial charge on any atom is 0.00387 e. The van der Waals surface area contributed by atoms with Crippen molar-refractivity contribution in [2.45, 2.75) is 32.7 Å². The number of nitrogens with zero attached hydrogens (tertiary/aromatic N) is 1. The van der Waals surface area contributed by atoms with Gasteiger partial charge >= 0.3 is 0 Å². The lowest BCUT2D eigenvalue weighted by atomic mass is 9.97. The average molecular weight is 193 g/mol. The molecule has 3 heteroatoms. The molecule has 2 nitrogen and oxygen atoms in total. The largest absolute Gasteiger partial charge is 0.330 e. The second-order valence-electron chi connectivity index (χ2n) is 3.83. The van der Waals surface area contributed by atoms with Gasteiger partial charge in [0.2, 0.25) is 0 Å². The number of nitrogens with two attached hydrogens (primary N) is 1. The summed E-state index contributed by atoms with van der Waals surface area (Å²) in [5.41, 5.74) is 5.64. The minimum Gasteiger partial charge on any atom is -0.330 e. The molecule has 0 aliphatic carbocycles. The van der Waals surface area contributed by atoms with Crippen LogP contribution in [0, 0.1) is 5.92 Å². The number of halogens is 1. The van der Waals surface area contributed by atoms with Crippen molar-refractivity contribution in [1.82, 2.24) is 4.90 Å². The Bertz CT molecular complexity index is 117. The van der Waals surface area contributed by atoms with Crippen molar-refractivity contribution in [3.63, 3.8) is 0 Å². The Morgan fingerprint density at radius 3 is 2.67 bits per heavy atom. The topological polar surface area (TPSA) is 29.3 Å². The van der Waals surface area contributed by atoms with Crippen molar-refractivity contribution < 1.29 is 0 Å². The molecule has 0 saturated carbocycles. The summed E-state index contributed by atoms with van der Waals surface area (Å²) in [6, 6.07) is 0.698. The molecule has 0 spiro atoms. The summed E-state index contributed by atoms with van der Waals surface area (Å²) in [4.78, 5) is 2.53. The summed E-state index contributed by atoms with van der Waals surface area (Å²) in [6.45, 7) is 7.88. The Kier molecular flexibility index (Phi) is 5.89. The quantitative estimate of drug-likeness (QED) is 0.719. The van der Waals surface area contributed by atoms with Gasteiger partial charge in [-0.2, -0.15) is 0 Å². The van der Waals surface area contributed by atoms with Gasteiger partial charge in [-0.1, -0.05) is 0 Å². The molecule has 0 aromatic heterocycles. The Morgan fingerprint density at radius 1 is 1.50 bits per heavy atom. The summed E-state index contributed by atoms with van der Waals surface area (Å²) in [7, 11) is 0. The molecule has 1 fully saturated rings. The Labute approximate surface area is 81.9 Å². The molecule has 1 aliphatic heterocycles. The summed E-state index contributed by atoms with van der Waals surface area (Å²) < 4.78 is 0. The molecular formula is C9H21ClN2. The minimum absolute atomic E-state index is 0. The summed E-state index contributed by atoms with van der Waals surface area (Å²) in [5.74, 6) is 0.756. The average Bonchev–Trinajstić information content (AvgIpc) is 2.05. The van der Waals surface area contributed by atoms with Crippen LogP contribution in [-0.2, 0) is 0 Å². The molecule has 1 unspecified atom stereocenters. The van der Waals surface area contributed by atoms with Crippen molar-refractivity contribution in [2.75, 3.05) is 19.6 Å². The lowest BCUT2D eigenvalue weighted by Gasteiger charge is -2.34. The van der Waals surface area contributed by atoms with Crippen LogP contribution in [0.1, 0.15) is 26.7 Å². The van der Waals surface area contributed by atoms with E-state index in [1.165, 1.54) is 25.9 Å². The lowest BCUT2D eigenvalue weighted by molar-refractivity contribution is 0.143. The molecule has 2 N–H and O–H groups in total. The van der Waals surface area contributed by atoms with E-state index in [-0.39, 0.29) is 12.4 Å². The molecule has 0 aromatic rings. The number of piperidine rings is 1. The number of hydrogen-bond acceptors (Lipinski definition) is 2. The van der Waals surface area contributed by atoms with E-state index in [1.54, 1.807) is 0 Å². The van der Waals surface area contributed by atoms with E-state index in [4.69, 9.17) is 5.73 Å². The van der Waals surface area contributed by atoms with Crippen LogP contribution in [0.2, 0.25) is 0 Å². The van der Waals surface area contributed by atoms with Gasteiger partial charge in [-0.25, -0.2) is 0 Å². The van der Waals surface area contributed by atoms with E-state index in [1.807, 2.05) is 0 Å². The fourth-order valence-electron chi connectivity index (χ4n) is 1.76. The molecule has 0 amide bonds. The first-order chi connectivity index (χ1) is 5.24. The number of hydrogen-bond donors (Lipinski definition) is 1. The van der Waals surface area contributed by atoms with Crippen molar-refractivity contribution in [3.05, 3.63) is 0 Å². The van der Waals surface area contributed by atoms with Crippen molar-refractivity contribution in [1.29, 1.82) is 0 Å². The normalized spacial score (nSPS) is 25.5. The van der Waals surface area contributed by atoms with Gasteiger partial charge in [-0.05, 0) is 45.7 Å². The fraction of sp³-hybridized carbons (Fsp3) is 1.00. The zero-order chi connectivity index (χ0) is 8.27. The van der Waals surface area contributed by atoms with Gasteiger partial charge in [-0.15, -0.1) is 12.4 Å². The highest BCUT2D eigenvalue weighted by molar-refractivity contribution is 5.85. The second-order valence-corrected chi connectivity index (χ2v) is 3.83. The molecule has 1 aliphatic rings. The van der Waals surface area contributed by atoms with Gasteiger partial charge in [0, 0.05) is 12.6 Å². The number of likely N-dealkylation sites (tertiary alicyclic amines) is 1. The van der Waals surface area contributed by atoms with Gasteiger partial charge < -0.3 is 10.6 Å². The number of rotatable bonds is 2. The molecular weight excluding hydrogens is 172 g/mol. The van der Waals surface area contributed by atoms with Crippen LogP contribution in [0.4, 0.5) is 0 Å². The van der Waals surface area contributed by atoms with Gasteiger partial charge in [0.25, 0.3) is 0 Å². The highest BCUT2D eigenvalue weighted by Gasteiger charge is 2.19. The van der Waals surface area contributed by atoms with Crippen molar-refractivity contribution >= 4 is 12.4 Å². The molecule has 12 heavy (non-hydrogen) atoms. The predicted octanol–water partition coefficient (Wildman–Crippen LogP) is 1.49. The van der Waals surface area contributed by atoms with E-state index < -0.39 is 0 Å². The monoisotopic (exact) mass is 192 g/mol. The van der Waals surface area contributed by atoms with Gasteiger partial charge in [0.05, 0.1) is 0 Å². The van der Waals surface area contributed by atoms with E-state index in [9.17, 15) is 0 Å². The maximum atomic E-state index is 5.64. The molecule has 0 radical (unpaired) electrons. The third kappa shape index (κ3) is 3.30. The first-order valence-electron chi connectivity index (χ1n) is 4.68. The summed E-state index contributed by atoms with van der Waals surface area (Å²) >= 11 is 0. The zero-order valence-electron chi connectivity index (χ0n) is 8.12. The highest BCUT2D eigenvalue weighted by atomic mass is 35.5. The van der Waals surface area contributed by atoms with E-state index in [0.29, 0.717) is 6.04 Å². The van der Waals surface area contributed by atoms with Crippen LogP contribution in [0.5, 0.6) is 0 Å². The van der Waals surface area contributed by atoms with Crippen LogP contribution >= 0.6 is 12.4 Å². The minimum atomic E-state index is 0. The maximum absolute atomic E-state index is 5.64. The first-order valence-corrected chi connectivity index (χ1v) is 4.68. The summed E-state index contributed by atoms with van der Waals surface area (Å²) in [5, 5.41) is 0. The van der Waals surface area contributed by atoms with Gasteiger partial charge in [0.15, 0.2) is 0 Å². The van der Waals surface area contributed by atoms with E-state index in [2.05, 4.69) is 18.7 Å². The van der Waals surface area contributed by atoms with E-state index >= 15 is 0 Å². The highest BCUT2D eigenvalue weighted by Crippen LogP contribution is 2.16. The van der Waals surface area contributed by atoms with Crippen LogP contribution in [0.25, 0.3) is 0 Å². The molecule has 1 heterocycles. The SMILES string of the molecule is CC(C)N1CCCC(CN)C1.Cl. The molecule has 74 valence electrons. The fourth-order valence-corrected chi connectivity index (χ4v) is 1.76. The van der Waals surface area contributed by atoms with Gasteiger partial charge in [0.1, 0.15) is 0 Å². The van der Waals surface area contributed by atoms with Gasteiger partial charge in [-0.3, -0.25) is 0 Å². The zero-order valence-corrected chi connectivity index (χ0v) is 8.94. The second kappa shape index (κ2) is 5.79. The van der Waals surface area contributed by atoms with Crippen LogP contribution in [0.15, 0.2) is 0 Å². The Morgan fingerprint density at radius 2 is 2.17 bits per heavy atom.